The molecule has 6 unspecified atom stereocenters. The van der Waals surface area contributed by atoms with Crippen molar-refractivity contribution in [3.8, 4) is 0 Å². The molecule has 0 aromatic heterocycles. The summed E-state index contributed by atoms with van der Waals surface area (Å²) < 4.78 is 208. The van der Waals surface area contributed by atoms with Gasteiger partial charge in [0.1, 0.15) is 0 Å². The Morgan fingerprint density at radius 1 is 0.607 bits per heavy atom. The maximum Gasteiger partial charge on any atom is 0.379 e. The summed E-state index contributed by atoms with van der Waals surface area (Å²) in [6.45, 7) is 0. The number of rotatable bonds is 10. The number of alkyl halides is 14. The van der Waals surface area contributed by atoms with Crippen LogP contribution in [-0.4, -0.2) is 73.5 Å². The minimum absolute atomic E-state index is 4.26. The van der Waals surface area contributed by atoms with E-state index in [0.29, 0.717) is 0 Å². The fourth-order valence-corrected chi connectivity index (χ4v) is 2.10. The van der Waals surface area contributed by atoms with E-state index in [-0.39, 0.29) is 0 Å². The van der Waals surface area contributed by atoms with Crippen LogP contribution in [0.4, 0.5) is 61.5 Å². The van der Waals surface area contributed by atoms with Crippen LogP contribution in [0.15, 0.2) is 0 Å². The Labute approximate surface area is 146 Å². The monoisotopic (exact) mass is 474 g/mol. The van der Waals surface area contributed by atoms with Crippen molar-refractivity contribution < 1.29 is 74.4 Å². The molecule has 0 aliphatic rings. The Morgan fingerprint density at radius 3 is 1.29 bits per heavy atom. The first kappa shape index (κ1) is 26.9. The molecule has 0 aromatic carbocycles. The summed E-state index contributed by atoms with van der Waals surface area (Å²) in [6, 6.07) is 0. The molecule has 0 saturated carbocycles. The molecular weight excluding hydrogens is 466 g/mol. The van der Waals surface area contributed by atoms with E-state index >= 15 is 0 Å². The van der Waals surface area contributed by atoms with Crippen molar-refractivity contribution in [1.29, 1.82) is 0 Å². The van der Waals surface area contributed by atoms with Crippen LogP contribution in [0.2, 0.25) is 0 Å². The lowest BCUT2D eigenvalue weighted by Gasteiger charge is -2.36. The molecule has 0 aliphatic carbocycles. The molecule has 0 fully saturated rings. The van der Waals surface area contributed by atoms with Crippen LogP contribution in [0.25, 0.3) is 0 Å². The van der Waals surface area contributed by atoms with Crippen LogP contribution in [0, 0.1) is 0 Å². The molecule has 0 bridgehead atoms. The van der Waals surface area contributed by atoms with Crippen LogP contribution in [0.3, 0.4) is 0 Å². The van der Waals surface area contributed by atoms with Gasteiger partial charge in [0.05, 0.1) is 0 Å². The molecule has 0 radical (unpaired) electrons. The van der Waals surface area contributed by atoms with Gasteiger partial charge in [0.15, 0.2) is 24.7 Å². The smallest absolute Gasteiger partial charge is 0.283 e. The van der Waals surface area contributed by atoms with Crippen molar-refractivity contribution in [2.24, 2.45) is 0 Å². The van der Waals surface area contributed by atoms with Crippen LogP contribution in [0.1, 0.15) is 0 Å². The van der Waals surface area contributed by atoms with Gasteiger partial charge in [0, 0.05) is 0 Å². The molecule has 0 saturated heterocycles. The summed E-state index contributed by atoms with van der Waals surface area (Å²) in [6.07, 6.45) is -28.2. The van der Waals surface area contributed by atoms with E-state index < -0.39 is 70.7 Å². The zero-order valence-electron chi connectivity index (χ0n) is 12.5. The van der Waals surface area contributed by atoms with Gasteiger partial charge in [-0.05, 0) is 0 Å². The topological polar surface area (TPSA) is 54.4 Å². The molecule has 0 amide bonds. The highest BCUT2D eigenvalue weighted by Crippen LogP contribution is 2.52. The van der Waals surface area contributed by atoms with Gasteiger partial charge in [-0.15, -0.1) is 0 Å². The Balaban J connectivity index is 5.89. The van der Waals surface area contributed by atoms with Crippen molar-refractivity contribution in [2.75, 3.05) is 0 Å². The summed E-state index contributed by atoms with van der Waals surface area (Å²) >= 11 is 0. The average molecular weight is 474 g/mol. The predicted octanol–water partition coefficient (Wildman–Crippen LogP) is 4.03. The number of hydrogen-bond acceptors (Lipinski definition) is 2. The van der Waals surface area contributed by atoms with Gasteiger partial charge in [0.25, 0.3) is 11.9 Å². The van der Waals surface area contributed by atoms with Gasteiger partial charge in [-0.1, -0.05) is 0 Å². The summed E-state index contributed by atoms with van der Waals surface area (Å²) in [5, 5.41) is 0. The number of hydrogen-bond donors (Lipinski definition) is 1. The highest BCUT2D eigenvalue weighted by atomic mass is 32.2. The molecule has 0 aliphatic heterocycles. The second kappa shape index (κ2) is 8.35. The van der Waals surface area contributed by atoms with Crippen LogP contribution >= 0.6 is 0 Å². The van der Waals surface area contributed by atoms with Crippen molar-refractivity contribution in [1.82, 2.24) is 0 Å². The Bertz CT molecular complexity index is 625. The standard InChI is InChI=1S/C10H8F14O3S/c11-1(2(12)4(14)6(16)17)3(13)5(15)8(19,20)10(23,24)9(21,22)7(18)28(25,26)27/h1-7H,(H,25,26,27). The lowest BCUT2D eigenvalue weighted by molar-refractivity contribution is -0.337. The first-order valence-electron chi connectivity index (χ1n) is 6.38. The first-order chi connectivity index (χ1) is 12.2. The zero-order valence-corrected chi connectivity index (χ0v) is 13.3. The van der Waals surface area contributed by atoms with E-state index in [2.05, 4.69) is 0 Å². The fraction of sp³-hybridized carbons (Fsp3) is 1.00. The highest BCUT2D eigenvalue weighted by Gasteiger charge is 2.80. The lowest BCUT2D eigenvalue weighted by Crippen LogP contribution is -2.65. The van der Waals surface area contributed by atoms with Crippen molar-refractivity contribution in [3.05, 3.63) is 0 Å². The molecule has 18 heteroatoms. The molecule has 6 atom stereocenters. The van der Waals surface area contributed by atoms with Crippen LogP contribution in [-0.2, 0) is 10.1 Å². The van der Waals surface area contributed by atoms with Gasteiger partial charge in [0.2, 0.25) is 6.17 Å². The Kier molecular flexibility index (Phi) is 8.03. The molecule has 0 aromatic rings. The molecule has 0 spiro atoms. The van der Waals surface area contributed by atoms with Gasteiger partial charge >= 0.3 is 27.9 Å². The third-order valence-electron chi connectivity index (χ3n) is 3.16. The van der Waals surface area contributed by atoms with Gasteiger partial charge in [-0.3, -0.25) is 4.55 Å². The second-order valence-electron chi connectivity index (χ2n) is 5.17. The minimum Gasteiger partial charge on any atom is -0.283 e. The average Bonchev–Trinajstić information content (AvgIpc) is 2.55. The summed E-state index contributed by atoms with van der Waals surface area (Å²) in [5.41, 5.74) is -5.50. The Morgan fingerprint density at radius 2 is 0.964 bits per heavy atom. The van der Waals surface area contributed by atoms with E-state index in [0.717, 1.165) is 0 Å². The van der Waals surface area contributed by atoms with Crippen molar-refractivity contribution >= 4 is 10.1 Å². The van der Waals surface area contributed by atoms with Crippen LogP contribution < -0.4 is 0 Å². The second-order valence-corrected chi connectivity index (χ2v) is 6.61. The quantitative estimate of drug-likeness (QED) is 0.385. The first-order valence-corrected chi connectivity index (χ1v) is 7.88. The lowest BCUT2D eigenvalue weighted by atomic mass is 9.94. The molecule has 0 rings (SSSR count). The minimum atomic E-state index is -7.50. The fourth-order valence-electron chi connectivity index (χ4n) is 1.58. The SMILES string of the molecule is O=S(=O)(O)C(F)C(F)(F)C(F)(F)C(F)(F)C(F)C(F)C(F)C(F)C(F)C(F)F. The van der Waals surface area contributed by atoms with E-state index in [1.165, 1.54) is 0 Å². The van der Waals surface area contributed by atoms with Crippen molar-refractivity contribution in [2.45, 2.75) is 60.6 Å². The number of halogens is 14. The van der Waals surface area contributed by atoms with Crippen molar-refractivity contribution in [3.63, 3.8) is 0 Å². The molecule has 0 heterocycles. The largest absolute Gasteiger partial charge is 0.379 e. The maximum atomic E-state index is 13.3. The predicted molar refractivity (Wildman–Crippen MR) is 61.8 cm³/mol. The van der Waals surface area contributed by atoms with Gasteiger partial charge in [-0.25, -0.2) is 35.1 Å². The van der Waals surface area contributed by atoms with Gasteiger partial charge in [-0.2, -0.15) is 34.8 Å². The maximum absolute atomic E-state index is 13.3. The highest BCUT2D eigenvalue weighted by molar-refractivity contribution is 7.86. The van der Waals surface area contributed by atoms with E-state index in [1.54, 1.807) is 0 Å². The molecular formula is C10H8F14O3S. The molecule has 3 nitrogen and oxygen atoms in total. The molecule has 28 heavy (non-hydrogen) atoms. The summed E-state index contributed by atoms with van der Waals surface area (Å²) in [7, 11) is -6.81. The summed E-state index contributed by atoms with van der Waals surface area (Å²) in [4.78, 5) is 0. The normalized spacial score (nSPS) is 21.1. The third-order valence-corrected chi connectivity index (χ3v) is 3.98. The third kappa shape index (κ3) is 4.73. The van der Waals surface area contributed by atoms with E-state index in [9.17, 15) is 69.9 Å². The van der Waals surface area contributed by atoms with Gasteiger partial charge < -0.3 is 0 Å². The van der Waals surface area contributed by atoms with Crippen LogP contribution in [0.5, 0.6) is 0 Å². The Hall–Kier alpha value is -1.07. The molecule has 170 valence electrons. The zero-order chi connectivity index (χ0) is 23.0. The summed E-state index contributed by atoms with van der Waals surface area (Å²) in [5.74, 6) is -21.9. The molecule has 1 N–H and O–H groups in total. The van der Waals surface area contributed by atoms with E-state index in [1.807, 2.05) is 0 Å². The van der Waals surface area contributed by atoms with E-state index in [4.69, 9.17) is 4.55 Å².